The lowest BCUT2D eigenvalue weighted by Gasteiger charge is -2.28. The van der Waals surface area contributed by atoms with Crippen molar-refractivity contribution in [3.8, 4) is 0 Å². The quantitative estimate of drug-likeness (QED) is 0.706. The Morgan fingerprint density at radius 1 is 1.18 bits per heavy atom. The molecule has 0 aliphatic heterocycles. The Labute approximate surface area is 107 Å². The summed E-state index contributed by atoms with van der Waals surface area (Å²) < 4.78 is 5.16. The predicted molar refractivity (Wildman–Crippen MR) is 73.5 cm³/mol. The Balaban J connectivity index is 2.12. The first-order chi connectivity index (χ1) is 8.24. The van der Waals surface area contributed by atoms with Crippen LogP contribution in [0.4, 0.5) is 0 Å². The van der Waals surface area contributed by atoms with Gasteiger partial charge in [-0.25, -0.2) is 0 Å². The maximum atomic E-state index is 5.16. The van der Waals surface area contributed by atoms with Crippen LogP contribution in [0.3, 0.4) is 0 Å². The van der Waals surface area contributed by atoms with E-state index in [9.17, 15) is 0 Å². The highest BCUT2D eigenvalue weighted by molar-refractivity contribution is 4.73. The molecule has 0 unspecified atom stereocenters. The summed E-state index contributed by atoms with van der Waals surface area (Å²) in [6.07, 6.45) is 7.01. The first kappa shape index (κ1) is 14.9. The Morgan fingerprint density at radius 3 is 2.47 bits per heavy atom. The molecule has 17 heavy (non-hydrogen) atoms. The number of hydrogen-bond donors (Lipinski definition) is 1. The fourth-order valence-electron chi connectivity index (χ4n) is 2.56. The molecule has 0 aromatic carbocycles. The van der Waals surface area contributed by atoms with Crippen molar-refractivity contribution >= 4 is 0 Å². The Kier molecular flexibility index (Phi) is 7.82. The van der Waals surface area contributed by atoms with Crippen LogP contribution in [0, 0.1) is 0 Å². The molecule has 0 aromatic rings. The van der Waals surface area contributed by atoms with Crippen LogP contribution >= 0.6 is 0 Å². The molecule has 102 valence electrons. The summed E-state index contributed by atoms with van der Waals surface area (Å²) in [4.78, 5) is 2.49. The Hall–Kier alpha value is -0.120. The fraction of sp³-hybridized carbons (Fsp3) is 1.00. The third kappa shape index (κ3) is 6.39. The average Bonchev–Trinajstić information content (AvgIpc) is 2.34. The predicted octanol–water partition coefficient (Wildman–Crippen LogP) is 2.27. The number of methoxy groups -OCH3 is 1. The fourth-order valence-corrected chi connectivity index (χ4v) is 2.56. The van der Waals surface area contributed by atoms with Crippen molar-refractivity contribution in [2.75, 3.05) is 33.4 Å². The SMILES string of the molecule is COCCN(CCNC1CCCCC1)C(C)C. The lowest BCUT2D eigenvalue weighted by Crippen LogP contribution is -2.41. The standard InChI is InChI=1S/C14H30N2O/c1-13(2)16(11-12-17-3)10-9-15-14-7-5-4-6-8-14/h13-15H,4-12H2,1-3H3. The number of nitrogens with one attached hydrogen (secondary N) is 1. The van der Waals surface area contributed by atoms with E-state index in [1.807, 2.05) is 0 Å². The van der Waals surface area contributed by atoms with Gasteiger partial charge in [0.2, 0.25) is 0 Å². The van der Waals surface area contributed by atoms with Crippen LogP contribution in [-0.4, -0.2) is 50.3 Å². The Bertz CT molecular complexity index is 179. The molecule has 0 heterocycles. The summed E-state index contributed by atoms with van der Waals surface area (Å²) >= 11 is 0. The maximum absolute atomic E-state index is 5.16. The van der Waals surface area contributed by atoms with E-state index in [4.69, 9.17) is 4.74 Å². The first-order valence-corrected chi connectivity index (χ1v) is 7.20. The van der Waals surface area contributed by atoms with E-state index in [2.05, 4.69) is 24.1 Å². The van der Waals surface area contributed by atoms with Crippen molar-refractivity contribution in [1.82, 2.24) is 10.2 Å². The van der Waals surface area contributed by atoms with Gasteiger partial charge in [-0.1, -0.05) is 19.3 Å². The molecule has 1 rings (SSSR count). The third-order valence-corrected chi connectivity index (χ3v) is 3.75. The molecule has 1 fully saturated rings. The number of nitrogens with zero attached hydrogens (tertiary/aromatic N) is 1. The summed E-state index contributed by atoms with van der Waals surface area (Å²) in [7, 11) is 1.78. The van der Waals surface area contributed by atoms with Crippen LogP contribution in [0.1, 0.15) is 46.0 Å². The van der Waals surface area contributed by atoms with Gasteiger partial charge in [0.05, 0.1) is 6.61 Å². The van der Waals surface area contributed by atoms with Gasteiger partial charge in [-0.05, 0) is 26.7 Å². The molecular formula is C14H30N2O. The van der Waals surface area contributed by atoms with Crippen molar-refractivity contribution in [1.29, 1.82) is 0 Å². The minimum Gasteiger partial charge on any atom is -0.383 e. The van der Waals surface area contributed by atoms with Gasteiger partial charge in [0.25, 0.3) is 0 Å². The highest BCUT2D eigenvalue weighted by atomic mass is 16.5. The van der Waals surface area contributed by atoms with Gasteiger partial charge in [-0.3, -0.25) is 4.90 Å². The highest BCUT2D eigenvalue weighted by Crippen LogP contribution is 2.17. The van der Waals surface area contributed by atoms with Crippen LogP contribution in [0.15, 0.2) is 0 Å². The summed E-state index contributed by atoms with van der Waals surface area (Å²) in [5.74, 6) is 0. The van der Waals surface area contributed by atoms with Crippen LogP contribution < -0.4 is 5.32 Å². The number of rotatable bonds is 8. The molecular weight excluding hydrogens is 212 g/mol. The van der Waals surface area contributed by atoms with Crippen LogP contribution in [-0.2, 0) is 4.74 Å². The summed E-state index contributed by atoms with van der Waals surface area (Å²) in [5, 5.41) is 3.70. The number of hydrogen-bond acceptors (Lipinski definition) is 3. The molecule has 1 aliphatic carbocycles. The third-order valence-electron chi connectivity index (χ3n) is 3.75. The molecule has 3 heteroatoms. The average molecular weight is 242 g/mol. The highest BCUT2D eigenvalue weighted by Gasteiger charge is 2.13. The van der Waals surface area contributed by atoms with Gasteiger partial charge in [-0.2, -0.15) is 0 Å². The largest absolute Gasteiger partial charge is 0.383 e. The lowest BCUT2D eigenvalue weighted by molar-refractivity contribution is 0.129. The van der Waals surface area contributed by atoms with E-state index >= 15 is 0 Å². The van der Waals surface area contributed by atoms with E-state index in [-0.39, 0.29) is 0 Å². The van der Waals surface area contributed by atoms with E-state index in [0.29, 0.717) is 6.04 Å². The molecule has 0 atom stereocenters. The van der Waals surface area contributed by atoms with E-state index in [1.165, 1.54) is 32.1 Å². The minimum atomic E-state index is 0.610. The second-order valence-electron chi connectivity index (χ2n) is 5.41. The maximum Gasteiger partial charge on any atom is 0.0589 e. The molecule has 0 aromatic heterocycles. The van der Waals surface area contributed by atoms with Gasteiger partial charge in [0.15, 0.2) is 0 Å². The molecule has 0 amide bonds. The number of ether oxygens (including phenoxy) is 1. The molecule has 0 saturated heterocycles. The summed E-state index contributed by atoms with van der Waals surface area (Å²) in [6, 6.07) is 1.39. The van der Waals surface area contributed by atoms with Crippen LogP contribution in [0.5, 0.6) is 0 Å². The minimum absolute atomic E-state index is 0.610. The van der Waals surface area contributed by atoms with Gasteiger partial charge in [0.1, 0.15) is 0 Å². The molecule has 1 saturated carbocycles. The van der Waals surface area contributed by atoms with Gasteiger partial charge >= 0.3 is 0 Å². The molecule has 0 spiro atoms. The van der Waals surface area contributed by atoms with Crippen molar-refractivity contribution in [3.05, 3.63) is 0 Å². The van der Waals surface area contributed by atoms with Crippen molar-refractivity contribution in [3.63, 3.8) is 0 Å². The molecule has 3 nitrogen and oxygen atoms in total. The van der Waals surface area contributed by atoms with E-state index in [0.717, 1.165) is 32.3 Å². The van der Waals surface area contributed by atoms with Crippen molar-refractivity contribution in [2.45, 2.75) is 58.0 Å². The molecule has 0 radical (unpaired) electrons. The first-order valence-electron chi connectivity index (χ1n) is 7.20. The molecule has 1 N–H and O–H groups in total. The van der Waals surface area contributed by atoms with Crippen molar-refractivity contribution in [2.24, 2.45) is 0 Å². The molecule has 1 aliphatic rings. The van der Waals surface area contributed by atoms with Gasteiger partial charge in [-0.15, -0.1) is 0 Å². The molecule has 0 bridgehead atoms. The zero-order chi connectivity index (χ0) is 12.5. The lowest BCUT2D eigenvalue weighted by atomic mass is 9.95. The van der Waals surface area contributed by atoms with Crippen LogP contribution in [0.25, 0.3) is 0 Å². The smallest absolute Gasteiger partial charge is 0.0589 e. The van der Waals surface area contributed by atoms with Gasteiger partial charge in [0, 0.05) is 38.8 Å². The Morgan fingerprint density at radius 2 is 1.88 bits per heavy atom. The summed E-state index contributed by atoms with van der Waals surface area (Å²) in [5.41, 5.74) is 0. The zero-order valence-corrected chi connectivity index (χ0v) is 11.9. The zero-order valence-electron chi connectivity index (χ0n) is 11.9. The second-order valence-corrected chi connectivity index (χ2v) is 5.41. The topological polar surface area (TPSA) is 24.5 Å². The van der Waals surface area contributed by atoms with E-state index < -0.39 is 0 Å². The monoisotopic (exact) mass is 242 g/mol. The summed E-state index contributed by atoms with van der Waals surface area (Å²) in [6.45, 7) is 8.65. The van der Waals surface area contributed by atoms with Crippen molar-refractivity contribution < 1.29 is 4.74 Å². The normalized spacial score (nSPS) is 18.2. The van der Waals surface area contributed by atoms with Crippen LogP contribution in [0.2, 0.25) is 0 Å². The van der Waals surface area contributed by atoms with Gasteiger partial charge < -0.3 is 10.1 Å². The van der Waals surface area contributed by atoms with E-state index in [1.54, 1.807) is 7.11 Å². The second kappa shape index (κ2) is 8.90.